The van der Waals surface area contributed by atoms with Gasteiger partial charge in [-0.2, -0.15) is 0 Å². The molecule has 0 saturated carbocycles. The van der Waals surface area contributed by atoms with Crippen molar-refractivity contribution in [3.8, 4) is 0 Å². The zero-order valence-electron chi connectivity index (χ0n) is 16.7. The van der Waals surface area contributed by atoms with Crippen LogP contribution in [0.5, 0.6) is 0 Å². The highest BCUT2D eigenvalue weighted by Crippen LogP contribution is 2.21. The molecule has 1 heterocycles. The topological polar surface area (TPSA) is 55.2 Å². The Bertz CT molecular complexity index is 1040. The van der Waals surface area contributed by atoms with E-state index in [1.807, 2.05) is 63.2 Å². The summed E-state index contributed by atoms with van der Waals surface area (Å²) in [5.74, 6) is 0.239. The number of fused-ring (bicyclic) bond motifs is 1. The average molecular weight is 396 g/mol. The lowest BCUT2D eigenvalue weighted by Gasteiger charge is -2.19. The largest absolute Gasteiger partial charge is 0.341 e. The van der Waals surface area contributed by atoms with Gasteiger partial charge in [0.15, 0.2) is 5.16 Å². The summed E-state index contributed by atoms with van der Waals surface area (Å²) in [6.07, 6.45) is 0. The fourth-order valence-corrected chi connectivity index (χ4v) is 4.04. The third-order valence-electron chi connectivity index (χ3n) is 4.58. The number of hydrogen-bond acceptors (Lipinski definition) is 4. The van der Waals surface area contributed by atoms with E-state index in [0.717, 1.165) is 5.56 Å². The van der Waals surface area contributed by atoms with Crippen LogP contribution in [0.2, 0.25) is 0 Å². The number of amides is 1. The molecule has 1 aromatic heterocycles. The number of aromatic nitrogens is 2. The average Bonchev–Trinajstić information content (AvgIpc) is 2.67. The van der Waals surface area contributed by atoms with Crippen molar-refractivity contribution in [1.29, 1.82) is 0 Å². The highest BCUT2D eigenvalue weighted by atomic mass is 32.2. The van der Waals surface area contributed by atoms with Gasteiger partial charge >= 0.3 is 0 Å². The number of nitrogens with zero attached hydrogens (tertiary/aromatic N) is 3. The molecule has 0 aliphatic heterocycles. The van der Waals surface area contributed by atoms with E-state index in [4.69, 9.17) is 0 Å². The maximum Gasteiger partial charge on any atom is 0.262 e. The molecule has 0 bridgehead atoms. The van der Waals surface area contributed by atoms with Crippen LogP contribution in [0, 0.1) is 6.92 Å². The second-order valence-electron chi connectivity index (χ2n) is 7.20. The minimum atomic E-state index is -0.0661. The van der Waals surface area contributed by atoms with Crippen LogP contribution in [0.25, 0.3) is 10.9 Å². The molecule has 0 unspecified atom stereocenters. The number of carbonyl (C=O) groups excluding carboxylic acids is 1. The monoisotopic (exact) mass is 395 g/mol. The summed E-state index contributed by atoms with van der Waals surface area (Å²) in [7, 11) is 1.80. The van der Waals surface area contributed by atoms with E-state index in [2.05, 4.69) is 4.98 Å². The molecule has 6 heteroatoms. The van der Waals surface area contributed by atoms with Crippen molar-refractivity contribution in [2.75, 3.05) is 12.8 Å². The van der Waals surface area contributed by atoms with Gasteiger partial charge in [0.1, 0.15) is 0 Å². The molecule has 5 nitrogen and oxygen atoms in total. The predicted octanol–water partition coefficient (Wildman–Crippen LogP) is 4.04. The smallest absolute Gasteiger partial charge is 0.262 e. The van der Waals surface area contributed by atoms with Crippen molar-refractivity contribution < 1.29 is 4.79 Å². The van der Waals surface area contributed by atoms with Crippen LogP contribution in [0.15, 0.2) is 58.5 Å². The number of aryl methyl sites for hydroxylation is 1. The molecule has 1 amide bonds. The molecule has 0 aliphatic rings. The normalized spacial score (nSPS) is 11.2. The van der Waals surface area contributed by atoms with Gasteiger partial charge in [0, 0.05) is 19.6 Å². The van der Waals surface area contributed by atoms with Crippen molar-refractivity contribution in [2.24, 2.45) is 0 Å². The molecule has 0 atom stereocenters. The lowest BCUT2D eigenvalue weighted by atomic mass is 10.1. The van der Waals surface area contributed by atoms with Crippen molar-refractivity contribution in [3.63, 3.8) is 0 Å². The summed E-state index contributed by atoms with van der Waals surface area (Å²) >= 11 is 1.31. The first-order valence-corrected chi connectivity index (χ1v) is 10.3. The van der Waals surface area contributed by atoms with E-state index in [9.17, 15) is 9.59 Å². The van der Waals surface area contributed by atoms with E-state index in [-0.39, 0.29) is 23.3 Å². The number of rotatable bonds is 6. The summed E-state index contributed by atoms with van der Waals surface area (Å²) < 4.78 is 1.67. The van der Waals surface area contributed by atoms with Crippen LogP contribution in [-0.2, 0) is 11.3 Å². The van der Waals surface area contributed by atoms with Gasteiger partial charge in [-0.05, 0) is 38.5 Å². The van der Waals surface area contributed by atoms with Gasteiger partial charge in [0.25, 0.3) is 5.56 Å². The van der Waals surface area contributed by atoms with Crippen LogP contribution in [0.3, 0.4) is 0 Å². The number of para-hydroxylation sites is 1. The predicted molar refractivity (Wildman–Crippen MR) is 115 cm³/mol. The van der Waals surface area contributed by atoms with E-state index in [0.29, 0.717) is 22.6 Å². The Kier molecular flexibility index (Phi) is 6.19. The second kappa shape index (κ2) is 8.61. The molecule has 0 spiro atoms. The minimum absolute atomic E-state index is 0.00305. The van der Waals surface area contributed by atoms with Gasteiger partial charge in [0.05, 0.1) is 16.7 Å². The summed E-state index contributed by atoms with van der Waals surface area (Å²) in [6.45, 7) is 6.50. The van der Waals surface area contributed by atoms with Gasteiger partial charge < -0.3 is 4.90 Å². The van der Waals surface area contributed by atoms with Crippen LogP contribution in [0.1, 0.15) is 31.0 Å². The zero-order valence-corrected chi connectivity index (χ0v) is 17.5. The summed E-state index contributed by atoms with van der Waals surface area (Å²) in [5, 5.41) is 1.18. The van der Waals surface area contributed by atoms with Gasteiger partial charge in [-0.15, -0.1) is 0 Å². The van der Waals surface area contributed by atoms with Gasteiger partial charge in [-0.1, -0.05) is 53.7 Å². The van der Waals surface area contributed by atoms with Crippen molar-refractivity contribution in [1.82, 2.24) is 14.5 Å². The lowest BCUT2D eigenvalue weighted by molar-refractivity contribution is -0.127. The summed E-state index contributed by atoms with van der Waals surface area (Å²) in [4.78, 5) is 31.8. The van der Waals surface area contributed by atoms with E-state index >= 15 is 0 Å². The van der Waals surface area contributed by atoms with Gasteiger partial charge in [0.2, 0.25) is 5.91 Å². The fourth-order valence-electron chi connectivity index (χ4n) is 2.97. The van der Waals surface area contributed by atoms with Crippen LogP contribution >= 0.6 is 11.8 Å². The first kappa shape index (κ1) is 20.1. The first-order valence-electron chi connectivity index (χ1n) is 9.30. The molecule has 0 N–H and O–H groups in total. The molecule has 2 aromatic carbocycles. The number of benzene rings is 2. The summed E-state index contributed by atoms with van der Waals surface area (Å²) in [5.41, 5.74) is 2.88. The number of carbonyl (C=O) groups is 1. The van der Waals surface area contributed by atoms with E-state index < -0.39 is 0 Å². The first-order chi connectivity index (χ1) is 13.4. The highest BCUT2D eigenvalue weighted by Gasteiger charge is 2.16. The Hall–Kier alpha value is -2.60. The fraction of sp³-hybridized carbons (Fsp3) is 0.318. The minimum Gasteiger partial charge on any atom is -0.341 e. The highest BCUT2D eigenvalue weighted by molar-refractivity contribution is 7.99. The third-order valence-corrected chi connectivity index (χ3v) is 5.52. The standard InChI is InChI=1S/C22H25N3O2S/c1-15(2)25-21(27)18-7-5-6-8-19(18)23-22(25)28-14-20(26)24(4)13-17-11-9-16(3)10-12-17/h5-12,15H,13-14H2,1-4H3. The SMILES string of the molecule is Cc1ccc(CN(C)C(=O)CSc2nc3ccccc3c(=O)n2C(C)C)cc1. The van der Waals surface area contributed by atoms with Crippen molar-refractivity contribution in [2.45, 2.75) is 38.5 Å². The molecule has 0 aliphatic carbocycles. The maximum atomic E-state index is 12.9. The molecule has 3 aromatic rings. The van der Waals surface area contributed by atoms with Crippen LogP contribution in [0.4, 0.5) is 0 Å². The molecule has 3 rings (SSSR count). The molecule has 0 radical (unpaired) electrons. The van der Waals surface area contributed by atoms with Crippen LogP contribution in [-0.4, -0.2) is 33.2 Å². The van der Waals surface area contributed by atoms with Crippen molar-refractivity contribution in [3.05, 3.63) is 70.0 Å². The molecule has 0 saturated heterocycles. The number of hydrogen-bond donors (Lipinski definition) is 0. The van der Waals surface area contributed by atoms with E-state index in [1.54, 1.807) is 22.6 Å². The Balaban J connectivity index is 1.77. The van der Waals surface area contributed by atoms with Gasteiger partial charge in [-0.25, -0.2) is 4.98 Å². The third kappa shape index (κ3) is 4.44. The lowest BCUT2D eigenvalue weighted by Crippen LogP contribution is -2.29. The molecule has 146 valence electrons. The molecule has 0 fully saturated rings. The van der Waals surface area contributed by atoms with Crippen molar-refractivity contribution >= 4 is 28.6 Å². The number of thioether (sulfide) groups is 1. The Morgan fingerprint density at radius 1 is 1.14 bits per heavy atom. The molecular formula is C22H25N3O2S. The summed E-state index contributed by atoms with van der Waals surface area (Å²) in [6, 6.07) is 15.4. The molecule has 28 heavy (non-hydrogen) atoms. The zero-order chi connectivity index (χ0) is 20.3. The Labute approximate surface area is 169 Å². The second-order valence-corrected chi connectivity index (χ2v) is 8.15. The Morgan fingerprint density at radius 2 is 1.82 bits per heavy atom. The quantitative estimate of drug-likeness (QED) is 0.467. The Morgan fingerprint density at radius 3 is 2.50 bits per heavy atom. The molecular weight excluding hydrogens is 370 g/mol. The maximum absolute atomic E-state index is 12.9. The van der Waals surface area contributed by atoms with Crippen LogP contribution < -0.4 is 5.56 Å². The van der Waals surface area contributed by atoms with E-state index in [1.165, 1.54) is 17.3 Å². The van der Waals surface area contributed by atoms with Gasteiger partial charge in [-0.3, -0.25) is 14.2 Å².